The molecule has 0 bridgehead atoms. The predicted octanol–water partition coefficient (Wildman–Crippen LogP) is 5.40. The summed E-state index contributed by atoms with van der Waals surface area (Å²) in [6.07, 6.45) is 0. The van der Waals surface area contributed by atoms with Gasteiger partial charge < -0.3 is 0 Å². The smallest absolute Gasteiger partial charge is 0.203 e. The quantitative estimate of drug-likeness (QED) is 0.579. The fraction of sp³-hybridized carbons (Fsp3) is 0.118. The van der Waals surface area contributed by atoms with Crippen molar-refractivity contribution in [2.75, 3.05) is 0 Å². The van der Waals surface area contributed by atoms with Gasteiger partial charge in [-0.25, -0.2) is 0 Å². The van der Waals surface area contributed by atoms with Crippen LogP contribution in [0.2, 0.25) is 5.02 Å². The largest absolute Gasteiger partial charge is 0.288 e. The highest BCUT2D eigenvalue weighted by atomic mass is 35.5. The van der Waals surface area contributed by atoms with E-state index < -0.39 is 0 Å². The molecule has 3 heteroatoms. The van der Waals surface area contributed by atoms with E-state index >= 15 is 0 Å². The Hall–Kier alpha value is -1.64. The van der Waals surface area contributed by atoms with Crippen LogP contribution in [0.4, 0.5) is 0 Å². The zero-order chi connectivity index (χ0) is 14.3. The zero-order valence-corrected chi connectivity index (χ0v) is 12.8. The van der Waals surface area contributed by atoms with Gasteiger partial charge in [0.2, 0.25) is 5.78 Å². The van der Waals surface area contributed by atoms with Crippen LogP contribution in [0.15, 0.2) is 42.5 Å². The monoisotopic (exact) mass is 300 g/mol. The van der Waals surface area contributed by atoms with Gasteiger partial charge in [0, 0.05) is 15.3 Å². The van der Waals surface area contributed by atoms with Gasteiger partial charge in [-0.3, -0.25) is 4.79 Å². The van der Waals surface area contributed by atoms with Crippen molar-refractivity contribution in [1.29, 1.82) is 0 Å². The van der Waals surface area contributed by atoms with E-state index in [4.69, 9.17) is 11.6 Å². The van der Waals surface area contributed by atoms with Crippen LogP contribution in [0.1, 0.15) is 26.4 Å². The summed E-state index contributed by atoms with van der Waals surface area (Å²) in [5.74, 6) is 0.0727. The van der Waals surface area contributed by atoms with Crippen LogP contribution in [-0.2, 0) is 0 Å². The van der Waals surface area contributed by atoms with E-state index in [-0.39, 0.29) is 5.78 Å². The minimum Gasteiger partial charge on any atom is -0.288 e. The van der Waals surface area contributed by atoms with Gasteiger partial charge in [0.1, 0.15) is 0 Å². The SMILES string of the molecule is Cc1cc(C(=O)c2cc3ccccc3s2)c(C)cc1Cl. The molecule has 0 spiro atoms. The maximum Gasteiger partial charge on any atom is 0.203 e. The summed E-state index contributed by atoms with van der Waals surface area (Å²) < 4.78 is 1.14. The van der Waals surface area contributed by atoms with Gasteiger partial charge in [0.25, 0.3) is 0 Å². The molecule has 0 saturated carbocycles. The van der Waals surface area contributed by atoms with Gasteiger partial charge in [-0.15, -0.1) is 11.3 Å². The van der Waals surface area contributed by atoms with E-state index in [9.17, 15) is 4.79 Å². The molecule has 0 radical (unpaired) electrons. The molecule has 1 aromatic heterocycles. The highest BCUT2D eigenvalue weighted by Gasteiger charge is 2.16. The van der Waals surface area contributed by atoms with Gasteiger partial charge in [-0.05, 0) is 54.6 Å². The van der Waals surface area contributed by atoms with E-state index in [1.54, 1.807) is 0 Å². The minimum absolute atomic E-state index is 0.0727. The fourth-order valence-electron chi connectivity index (χ4n) is 2.25. The van der Waals surface area contributed by atoms with Gasteiger partial charge in [-0.2, -0.15) is 0 Å². The molecule has 20 heavy (non-hydrogen) atoms. The third kappa shape index (κ3) is 2.26. The van der Waals surface area contributed by atoms with Gasteiger partial charge in [0.15, 0.2) is 0 Å². The number of hydrogen-bond donors (Lipinski definition) is 0. The lowest BCUT2D eigenvalue weighted by atomic mass is 10.0. The second-order valence-corrected chi connectivity index (χ2v) is 6.38. The Morgan fingerprint density at radius 3 is 2.55 bits per heavy atom. The topological polar surface area (TPSA) is 17.1 Å². The van der Waals surface area contributed by atoms with Crippen LogP contribution < -0.4 is 0 Å². The highest BCUT2D eigenvalue weighted by Crippen LogP contribution is 2.29. The molecule has 100 valence electrons. The van der Waals surface area contributed by atoms with Crippen molar-refractivity contribution in [1.82, 2.24) is 0 Å². The zero-order valence-electron chi connectivity index (χ0n) is 11.2. The lowest BCUT2D eigenvalue weighted by Gasteiger charge is -2.06. The van der Waals surface area contributed by atoms with Crippen molar-refractivity contribution in [3.05, 3.63) is 69.1 Å². The van der Waals surface area contributed by atoms with E-state index in [1.165, 1.54) is 11.3 Å². The van der Waals surface area contributed by atoms with E-state index in [1.807, 2.05) is 56.3 Å². The van der Waals surface area contributed by atoms with Crippen LogP contribution in [0.25, 0.3) is 10.1 Å². The first-order valence-corrected chi connectivity index (χ1v) is 7.56. The number of hydrogen-bond acceptors (Lipinski definition) is 2. The van der Waals surface area contributed by atoms with Gasteiger partial charge in [-0.1, -0.05) is 29.8 Å². The second kappa shape index (κ2) is 5.04. The lowest BCUT2D eigenvalue weighted by molar-refractivity contribution is 0.104. The standard InChI is InChI=1S/C17H13ClOS/c1-10-8-14(18)11(2)7-13(10)17(19)16-9-12-5-3-4-6-15(12)20-16/h3-9H,1-2H3. The Bertz CT molecular complexity index is 784. The second-order valence-electron chi connectivity index (χ2n) is 4.89. The first-order chi connectivity index (χ1) is 9.56. The van der Waals surface area contributed by atoms with E-state index in [2.05, 4.69) is 0 Å². The summed E-state index contributed by atoms with van der Waals surface area (Å²) in [6, 6.07) is 13.7. The Morgan fingerprint density at radius 1 is 1.05 bits per heavy atom. The Labute approximate surface area is 126 Å². The van der Waals surface area contributed by atoms with Gasteiger partial charge >= 0.3 is 0 Å². The molecule has 0 aliphatic rings. The molecule has 0 N–H and O–H groups in total. The number of carbonyl (C=O) groups is 1. The third-order valence-electron chi connectivity index (χ3n) is 3.40. The molecule has 0 aliphatic heterocycles. The summed E-state index contributed by atoms with van der Waals surface area (Å²) in [5, 5.41) is 1.82. The maximum atomic E-state index is 12.7. The third-order valence-corrected chi connectivity index (χ3v) is 4.92. The molecule has 0 saturated heterocycles. The van der Waals surface area contributed by atoms with Crippen molar-refractivity contribution < 1.29 is 4.79 Å². The number of benzene rings is 2. The fourth-order valence-corrected chi connectivity index (χ4v) is 3.49. The Kier molecular flexibility index (Phi) is 3.36. The molecule has 0 atom stereocenters. The van der Waals surface area contributed by atoms with E-state index in [0.29, 0.717) is 5.02 Å². The summed E-state index contributed by atoms with van der Waals surface area (Å²) >= 11 is 7.63. The van der Waals surface area contributed by atoms with E-state index in [0.717, 1.165) is 31.7 Å². The molecule has 1 nitrogen and oxygen atoms in total. The first kappa shape index (κ1) is 13.3. The number of rotatable bonds is 2. The van der Waals surface area contributed by atoms with Gasteiger partial charge in [0.05, 0.1) is 4.88 Å². The first-order valence-electron chi connectivity index (χ1n) is 6.36. The lowest BCUT2D eigenvalue weighted by Crippen LogP contribution is -2.02. The average molecular weight is 301 g/mol. The predicted molar refractivity (Wildman–Crippen MR) is 86.2 cm³/mol. The Balaban J connectivity index is 2.10. The molecule has 3 rings (SSSR count). The number of thiophene rings is 1. The number of carbonyl (C=O) groups excluding carboxylic acids is 1. The molecule has 0 unspecified atom stereocenters. The highest BCUT2D eigenvalue weighted by molar-refractivity contribution is 7.21. The molecule has 0 aliphatic carbocycles. The number of ketones is 1. The average Bonchev–Trinajstić information content (AvgIpc) is 2.86. The minimum atomic E-state index is 0.0727. The molecule has 2 aromatic carbocycles. The molecular weight excluding hydrogens is 288 g/mol. The maximum absolute atomic E-state index is 12.7. The van der Waals surface area contributed by atoms with Crippen LogP contribution in [-0.4, -0.2) is 5.78 Å². The van der Waals surface area contributed by atoms with Crippen molar-refractivity contribution in [2.45, 2.75) is 13.8 Å². The van der Waals surface area contributed by atoms with Crippen LogP contribution >= 0.6 is 22.9 Å². The molecule has 0 amide bonds. The Morgan fingerprint density at radius 2 is 1.80 bits per heavy atom. The molecule has 1 heterocycles. The van der Waals surface area contributed by atoms with Crippen molar-refractivity contribution in [3.63, 3.8) is 0 Å². The number of halogens is 1. The molecule has 3 aromatic rings. The van der Waals surface area contributed by atoms with Crippen LogP contribution in [0.3, 0.4) is 0 Å². The number of fused-ring (bicyclic) bond motifs is 1. The summed E-state index contributed by atoms with van der Waals surface area (Å²) in [4.78, 5) is 13.4. The van der Waals surface area contributed by atoms with Crippen molar-refractivity contribution >= 4 is 38.8 Å². The molecule has 0 fully saturated rings. The van der Waals surface area contributed by atoms with Crippen molar-refractivity contribution in [2.24, 2.45) is 0 Å². The van der Waals surface area contributed by atoms with Crippen LogP contribution in [0.5, 0.6) is 0 Å². The summed E-state index contributed by atoms with van der Waals surface area (Å²) in [6.45, 7) is 3.84. The number of aryl methyl sites for hydroxylation is 2. The van der Waals surface area contributed by atoms with Crippen molar-refractivity contribution in [3.8, 4) is 0 Å². The summed E-state index contributed by atoms with van der Waals surface area (Å²) in [7, 11) is 0. The molecular formula is C17H13ClOS. The normalized spacial score (nSPS) is 10.9. The van der Waals surface area contributed by atoms with Crippen LogP contribution in [0, 0.1) is 13.8 Å². The summed E-state index contributed by atoms with van der Waals surface area (Å²) in [5.41, 5.74) is 2.59.